The molecule has 0 amide bonds. The standard InChI is InChI=1S/C14H26O3P/c1-5-9-10-13-17-18(14-8-4,15-11-6-2)16-12-7-3/h6-8H,2-5,9-14H2,1H3/q+1. The van der Waals surface area contributed by atoms with E-state index in [9.17, 15) is 0 Å². The summed E-state index contributed by atoms with van der Waals surface area (Å²) in [7, 11) is -2.33. The first-order valence-corrected chi connectivity index (χ1v) is 8.11. The summed E-state index contributed by atoms with van der Waals surface area (Å²) in [4.78, 5) is 0. The van der Waals surface area contributed by atoms with Crippen molar-refractivity contribution in [1.82, 2.24) is 0 Å². The highest BCUT2D eigenvalue weighted by Gasteiger charge is 2.43. The van der Waals surface area contributed by atoms with Crippen molar-refractivity contribution in [1.29, 1.82) is 0 Å². The van der Waals surface area contributed by atoms with E-state index in [1.54, 1.807) is 18.2 Å². The van der Waals surface area contributed by atoms with Gasteiger partial charge in [-0.2, -0.15) is 13.6 Å². The van der Waals surface area contributed by atoms with Crippen LogP contribution in [-0.2, 0) is 13.6 Å². The van der Waals surface area contributed by atoms with Crippen LogP contribution in [0.2, 0.25) is 0 Å². The Kier molecular flexibility index (Phi) is 11.3. The highest BCUT2D eigenvalue weighted by atomic mass is 31.2. The summed E-state index contributed by atoms with van der Waals surface area (Å²) < 4.78 is 17.3. The number of allylic oxidation sites excluding steroid dienone is 1. The molecule has 104 valence electrons. The number of unbranched alkanes of at least 4 members (excludes halogenated alkanes) is 2. The van der Waals surface area contributed by atoms with E-state index in [-0.39, 0.29) is 0 Å². The van der Waals surface area contributed by atoms with Crippen LogP contribution in [0, 0.1) is 0 Å². The average molecular weight is 273 g/mol. The van der Waals surface area contributed by atoms with Gasteiger partial charge in [0.25, 0.3) is 0 Å². The molecule has 0 unspecified atom stereocenters. The van der Waals surface area contributed by atoms with Crippen LogP contribution in [0.15, 0.2) is 38.0 Å². The largest absolute Gasteiger partial charge is 0.416 e. The van der Waals surface area contributed by atoms with Crippen LogP contribution in [-0.4, -0.2) is 26.0 Å². The first kappa shape index (κ1) is 17.5. The molecule has 0 fully saturated rings. The molecule has 0 rings (SSSR count). The fraction of sp³-hybridized carbons (Fsp3) is 0.571. The van der Waals surface area contributed by atoms with Gasteiger partial charge in [0.2, 0.25) is 0 Å². The molecule has 4 heteroatoms. The Balaban J connectivity index is 4.42. The zero-order valence-corrected chi connectivity index (χ0v) is 12.4. The third kappa shape index (κ3) is 7.78. The Hall–Kier alpha value is -0.470. The maximum Gasteiger partial charge on any atom is 0.416 e. The van der Waals surface area contributed by atoms with Crippen LogP contribution < -0.4 is 0 Å². The number of hydrogen-bond acceptors (Lipinski definition) is 3. The molecule has 0 radical (unpaired) electrons. The van der Waals surface area contributed by atoms with Gasteiger partial charge in [-0.15, -0.1) is 13.2 Å². The molecule has 0 bridgehead atoms. The molecule has 3 nitrogen and oxygen atoms in total. The van der Waals surface area contributed by atoms with Gasteiger partial charge in [0.05, 0.1) is 6.61 Å². The van der Waals surface area contributed by atoms with Crippen molar-refractivity contribution in [3.8, 4) is 0 Å². The average Bonchev–Trinajstić information content (AvgIpc) is 2.39. The molecule has 0 saturated carbocycles. The van der Waals surface area contributed by atoms with Crippen LogP contribution in [0.3, 0.4) is 0 Å². The van der Waals surface area contributed by atoms with Gasteiger partial charge in [0, 0.05) is 0 Å². The fourth-order valence-electron chi connectivity index (χ4n) is 1.32. The Morgan fingerprint density at radius 2 is 1.50 bits per heavy atom. The SMILES string of the molecule is C=CCO[P+](CC=C)(OCC=C)OCCCCC. The van der Waals surface area contributed by atoms with Crippen molar-refractivity contribution in [2.45, 2.75) is 26.2 Å². The fourth-order valence-corrected chi connectivity index (χ4v) is 3.24. The molecule has 18 heavy (non-hydrogen) atoms. The zero-order chi connectivity index (χ0) is 13.7. The van der Waals surface area contributed by atoms with E-state index in [1.807, 2.05) is 0 Å². The topological polar surface area (TPSA) is 27.7 Å². The second-order valence-electron chi connectivity index (χ2n) is 3.79. The van der Waals surface area contributed by atoms with Gasteiger partial charge in [0.15, 0.2) is 6.16 Å². The highest BCUT2D eigenvalue weighted by Crippen LogP contribution is 2.62. The van der Waals surface area contributed by atoms with E-state index in [0.717, 1.165) is 19.3 Å². The van der Waals surface area contributed by atoms with Crippen LogP contribution in [0.4, 0.5) is 0 Å². The summed E-state index contributed by atoms with van der Waals surface area (Å²) in [6, 6.07) is 0. The van der Waals surface area contributed by atoms with Crippen molar-refractivity contribution < 1.29 is 13.6 Å². The van der Waals surface area contributed by atoms with E-state index in [1.165, 1.54) is 0 Å². The first-order valence-electron chi connectivity index (χ1n) is 6.39. The molecule has 0 aliphatic rings. The van der Waals surface area contributed by atoms with Gasteiger partial charge in [-0.1, -0.05) is 38.5 Å². The molecule has 0 spiro atoms. The predicted molar refractivity (Wildman–Crippen MR) is 79.8 cm³/mol. The van der Waals surface area contributed by atoms with Crippen LogP contribution >= 0.6 is 7.94 Å². The summed E-state index contributed by atoms with van der Waals surface area (Å²) >= 11 is 0. The smallest absolute Gasteiger partial charge is 0.178 e. The summed E-state index contributed by atoms with van der Waals surface area (Å²) in [5.74, 6) is 0. The third-order valence-electron chi connectivity index (χ3n) is 2.17. The van der Waals surface area contributed by atoms with E-state index >= 15 is 0 Å². The quantitative estimate of drug-likeness (QED) is 0.280. The summed E-state index contributed by atoms with van der Waals surface area (Å²) in [6.07, 6.45) is 9.09. The van der Waals surface area contributed by atoms with E-state index in [2.05, 4.69) is 26.7 Å². The summed E-state index contributed by atoms with van der Waals surface area (Å²) in [5, 5.41) is 0. The highest BCUT2D eigenvalue weighted by molar-refractivity contribution is 7.61. The molecule has 0 aliphatic heterocycles. The monoisotopic (exact) mass is 273 g/mol. The molecule has 0 aromatic heterocycles. The normalized spacial score (nSPS) is 11.2. The van der Waals surface area contributed by atoms with Gasteiger partial charge in [-0.25, -0.2) is 0 Å². The maximum absolute atomic E-state index is 5.88. The zero-order valence-electron chi connectivity index (χ0n) is 11.5. The van der Waals surface area contributed by atoms with Gasteiger partial charge in [0.1, 0.15) is 13.2 Å². The second-order valence-corrected chi connectivity index (χ2v) is 6.15. The Morgan fingerprint density at radius 1 is 0.889 bits per heavy atom. The molecule has 0 aromatic rings. The lowest BCUT2D eigenvalue weighted by atomic mass is 10.3. The molecule has 0 N–H and O–H groups in total. The van der Waals surface area contributed by atoms with Gasteiger partial charge < -0.3 is 0 Å². The Labute approximate surface area is 112 Å². The van der Waals surface area contributed by atoms with Crippen LogP contribution in [0.1, 0.15) is 26.2 Å². The molecule has 0 aromatic carbocycles. The van der Waals surface area contributed by atoms with E-state index < -0.39 is 7.94 Å². The van der Waals surface area contributed by atoms with Gasteiger partial charge in [-0.05, 0) is 12.5 Å². The molecular formula is C14H26O3P+. The molecule has 0 atom stereocenters. The van der Waals surface area contributed by atoms with Crippen LogP contribution in [0.5, 0.6) is 0 Å². The number of hydrogen-bond donors (Lipinski definition) is 0. The third-order valence-corrected chi connectivity index (χ3v) is 4.53. The Bertz CT molecular complexity index is 229. The van der Waals surface area contributed by atoms with Crippen molar-refractivity contribution in [2.24, 2.45) is 0 Å². The minimum absolute atomic E-state index is 0.423. The molecule has 0 saturated heterocycles. The Morgan fingerprint density at radius 3 is 1.94 bits per heavy atom. The molecule has 0 aliphatic carbocycles. The molecule has 0 heterocycles. The van der Waals surface area contributed by atoms with Crippen molar-refractivity contribution in [3.63, 3.8) is 0 Å². The predicted octanol–water partition coefficient (Wildman–Crippen LogP) is 4.55. The van der Waals surface area contributed by atoms with Crippen molar-refractivity contribution in [3.05, 3.63) is 38.0 Å². The summed E-state index contributed by atoms with van der Waals surface area (Å²) in [5.41, 5.74) is 0. The van der Waals surface area contributed by atoms with Crippen molar-refractivity contribution in [2.75, 3.05) is 26.0 Å². The lowest BCUT2D eigenvalue weighted by Crippen LogP contribution is -2.11. The molecular weight excluding hydrogens is 247 g/mol. The second kappa shape index (κ2) is 11.6. The first-order chi connectivity index (χ1) is 8.74. The number of rotatable bonds is 13. The van der Waals surface area contributed by atoms with Crippen LogP contribution in [0.25, 0.3) is 0 Å². The van der Waals surface area contributed by atoms with Crippen molar-refractivity contribution >= 4 is 7.94 Å². The lowest BCUT2D eigenvalue weighted by Gasteiger charge is -2.20. The van der Waals surface area contributed by atoms with E-state index in [0.29, 0.717) is 26.0 Å². The minimum Gasteiger partial charge on any atom is -0.178 e. The minimum atomic E-state index is -2.33. The van der Waals surface area contributed by atoms with Gasteiger partial charge in [-0.3, -0.25) is 0 Å². The summed E-state index contributed by atoms with van der Waals surface area (Å²) in [6.45, 7) is 14.7. The lowest BCUT2D eigenvalue weighted by molar-refractivity contribution is 0.156. The maximum atomic E-state index is 5.88. The van der Waals surface area contributed by atoms with E-state index in [4.69, 9.17) is 13.6 Å². The van der Waals surface area contributed by atoms with Gasteiger partial charge >= 0.3 is 7.94 Å².